The summed E-state index contributed by atoms with van der Waals surface area (Å²) in [6.07, 6.45) is 8.34. The number of carbonyl (C=O) groups is 1. The van der Waals surface area contributed by atoms with Crippen LogP contribution in [0.15, 0.2) is 18.3 Å². The first kappa shape index (κ1) is 15.1. The van der Waals surface area contributed by atoms with Gasteiger partial charge in [-0.05, 0) is 45.0 Å². The second-order valence-electron chi connectivity index (χ2n) is 5.70. The smallest absolute Gasteiger partial charge is 0.223 e. The lowest BCUT2D eigenvalue weighted by atomic mass is 10.1. The summed E-state index contributed by atoms with van der Waals surface area (Å²) in [5.41, 5.74) is 1.27. The molecule has 2 heterocycles. The van der Waals surface area contributed by atoms with Gasteiger partial charge in [0.2, 0.25) is 5.91 Å². The zero-order valence-corrected chi connectivity index (χ0v) is 12.8. The summed E-state index contributed by atoms with van der Waals surface area (Å²) in [5.74, 6) is 0.313. The Kier molecular flexibility index (Phi) is 5.65. The molecule has 0 radical (unpaired) electrons. The molecule has 1 amide bonds. The number of aryl methyl sites for hydroxylation is 1. The predicted octanol–water partition coefficient (Wildman–Crippen LogP) is 2.47. The molecule has 4 nitrogen and oxygen atoms in total. The predicted molar refractivity (Wildman–Crippen MR) is 81.5 cm³/mol. The third-order valence-corrected chi connectivity index (χ3v) is 4.22. The van der Waals surface area contributed by atoms with Crippen molar-refractivity contribution in [2.24, 2.45) is 7.05 Å². The van der Waals surface area contributed by atoms with Gasteiger partial charge in [-0.2, -0.15) is 0 Å². The van der Waals surface area contributed by atoms with Gasteiger partial charge in [0, 0.05) is 31.9 Å². The van der Waals surface area contributed by atoms with E-state index in [9.17, 15) is 4.79 Å². The van der Waals surface area contributed by atoms with Crippen molar-refractivity contribution >= 4 is 5.91 Å². The third kappa shape index (κ3) is 3.63. The fraction of sp³-hybridized carbons (Fsp3) is 0.688. The summed E-state index contributed by atoms with van der Waals surface area (Å²) in [4.78, 5) is 14.7. The van der Waals surface area contributed by atoms with E-state index in [1.807, 2.05) is 7.05 Å². The van der Waals surface area contributed by atoms with Crippen LogP contribution < -0.4 is 5.32 Å². The Bertz CT molecular complexity index is 427. The molecule has 1 fully saturated rings. The summed E-state index contributed by atoms with van der Waals surface area (Å²) in [6.45, 7) is 1.82. The number of rotatable bonds is 5. The van der Waals surface area contributed by atoms with E-state index in [4.69, 9.17) is 0 Å². The molecule has 0 spiro atoms. The second kappa shape index (κ2) is 7.48. The molecule has 0 aromatic carbocycles. The lowest BCUT2D eigenvalue weighted by Crippen LogP contribution is -2.35. The maximum absolute atomic E-state index is 12.5. The average Bonchev–Trinajstić information content (AvgIpc) is 2.73. The average molecular weight is 277 g/mol. The van der Waals surface area contributed by atoms with Crippen LogP contribution >= 0.6 is 0 Å². The van der Waals surface area contributed by atoms with E-state index in [1.54, 1.807) is 0 Å². The van der Waals surface area contributed by atoms with E-state index in [0.29, 0.717) is 12.3 Å². The number of amides is 1. The second-order valence-corrected chi connectivity index (χ2v) is 5.70. The Balaban J connectivity index is 2.09. The van der Waals surface area contributed by atoms with Crippen molar-refractivity contribution < 1.29 is 4.79 Å². The maximum atomic E-state index is 12.5. The normalized spacial score (nSPS) is 19.9. The Hall–Kier alpha value is -1.29. The summed E-state index contributed by atoms with van der Waals surface area (Å²) < 4.78 is 2.16. The van der Waals surface area contributed by atoms with Gasteiger partial charge in [0.25, 0.3) is 0 Å². The molecular formula is C16H27N3O. The number of hydrogen-bond acceptors (Lipinski definition) is 2. The Morgan fingerprint density at radius 3 is 2.95 bits per heavy atom. The van der Waals surface area contributed by atoms with Crippen LogP contribution in [0.1, 0.15) is 50.3 Å². The minimum absolute atomic E-state index is 0.264. The van der Waals surface area contributed by atoms with Crippen molar-refractivity contribution in [3.05, 3.63) is 24.0 Å². The van der Waals surface area contributed by atoms with Gasteiger partial charge in [-0.1, -0.05) is 12.8 Å². The molecule has 0 aliphatic carbocycles. The van der Waals surface area contributed by atoms with Gasteiger partial charge in [0.05, 0.1) is 6.04 Å². The van der Waals surface area contributed by atoms with Crippen molar-refractivity contribution in [2.75, 3.05) is 20.1 Å². The van der Waals surface area contributed by atoms with Crippen LogP contribution in [0.2, 0.25) is 0 Å². The maximum Gasteiger partial charge on any atom is 0.223 e. The first-order chi connectivity index (χ1) is 9.74. The molecule has 20 heavy (non-hydrogen) atoms. The van der Waals surface area contributed by atoms with Crippen LogP contribution in [-0.4, -0.2) is 35.5 Å². The minimum Gasteiger partial charge on any atom is -0.353 e. The highest BCUT2D eigenvalue weighted by atomic mass is 16.2. The van der Waals surface area contributed by atoms with E-state index in [2.05, 4.69) is 40.2 Å². The number of nitrogens with zero attached hydrogens (tertiary/aromatic N) is 2. The van der Waals surface area contributed by atoms with Crippen molar-refractivity contribution in [1.82, 2.24) is 14.8 Å². The molecule has 1 atom stereocenters. The van der Waals surface area contributed by atoms with E-state index < -0.39 is 0 Å². The van der Waals surface area contributed by atoms with Crippen molar-refractivity contribution in [3.63, 3.8) is 0 Å². The van der Waals surface area contributed by atoms with E-state index >= 15 is 0 Å². The zero-order chi connectivity index (χ0) is 14.4. The zero-order valence-electron chi connectivity index (χ0n) is 12.8. The Morgan fingerprint density at radius 2 is 2.25 bits per heavy atom. The van der Waals surface area contributed by atoms with Crippen molar-refractivity contribution in [3.8, 4) is 0 Å². The summed E-state index contributed by atoms with van der Waals surface area (Å²) in [5, 5.41) is 3.11. The summed E-state index contributed by atoms with van der Waals surface area (Å²) in [7, 11) is 4.01. The van der Waals surface area contributed by atoms with Crippen LogP contribution in [0.25, 0.3) is 0 Å². The van der Waals surface area contributed by atoms with Gasteiger partial charge in [-0.25, -0.2) is 0 Å². The number of hydrogen-bond donors (Lipinski definition) is 1. The lowest BCUT2D eigenvalue weighted by Gasteiger charge is -2.30. The molecule has 4 heteroatoms. The van der Waals surface area contributed by atoms with Crippen LogP contribution in [-0.2, 0) is 11.8 Å². The molecule has 2 rings (SSSR count). The SMILES string of the molecule is CNCCCC(=O)N1CCCCCC1c1cccn1C. The number of carbonyl (C=O) groups excluding carboxylic acids is 1. The van der Waals surface area contributed by atoms with Gasteiger partial charge in [-0.15, -0.1) is 0 Å². The van der Waals surface area contributed by atoms with Gasteiger partial charge < -0.3 is 14.8 Å². The van der Waals surface area contributed by atoms with Gasteiger partial charge in [-0.3, -0.25) is 4.79 Å². The number of aromatic nitrogens is 1. The molecule has 0 saturated carbocycles. The monoisotopic (exact) mass is 277 g/mol. The van der Waals surface area contributed by atoms with Crippen molar-refractivity contribution in [2.45, 2.75) is 44.6 Å². The highest BCUT2D eigenvalue weighted by Gasteiger charge is 2.27. The van der Waals surface area contributed by atoms with Crippen LogP contribution in [0.5, 0.6) is 0 Å². The molecule has 1 aliphatic heterocycles. The third-order valence-electron chi connectivity index (χ3n) is 4.22. The fourth-order valence-corrected chi connectivity index (χ4v) is 3.09. The molecule has 1 aromatic heterocycles. The molecule has 1 unspecified atom stereocenters. The highest BCUT2D eigenvalue weighted by molar-refractivity contribution is 5.76. The van der Waals surface area contributed by atoms with Crippen LogP contribution in [0, 0.1) is 0 Å². The number of nitrogens with one attached hydrogen (secondary N) is 1. The van der Waals surface area contributed by atoms with Crippen LogP contribution in [0.3, 0.4) is 0 Å². The number of likely N-dealkylation sites (tertiary alicyclic amines) is 1. The van der Waals surface area contributed by atoms with Gasteiger partial charge >= 0.3 is 0 Å². The first-order valence-corrected chi connectivity index (χ1v) is 7.79. The molecule has 1 N–H and O–H groups in total. The highest BCUT2D eigenvalue weighted by Crippen LogP contribution is 2.30. The fourth-order valence-electron chi connectivity index (χ4n) is 3.09. The molecule has 112 valence electrons. The Morgan fingerprint density at radius 1 is 1.40 bits per heavy atom. The summed E-state index contributed by atoms with van der Waals surface area (Å²) in [6, 6.07) is 4.49. The molecule has 1 aliphatic rings. The standard InChI is InChI=1S/C16H27N3O/c1-17-11-6-10-16(20)19-13-5-3-4-8-15(19)14-9-7-12-18(14)2/h7,9,12,15,17H,3-6,8,10-11,13H2,1-2H3. The van der Waals surface area contributed by atoms with E-state index in [0.717, 1.165) is 32.4 Å². The molecule has 0 bridgehead atoms. The van der Waals surface area contributed by atoms with E-state index in [1.165, 1.54) is 18.5 Å². The first-order valence-electron chi connectivity index (χ1n) is 7.79. The van der Waals surface area contributed by atoms with Gasteiger partial charge in [0.1, 0.15) is 0 Å². The Labute approximate surface area is 122 Å². The molecule has 1 saturated heterocycles. The topological polar surface area (TPSA) is 37.3 Å². The van der Waals surface area contributed by atoms with Crippen molar-refractivity contribution in [1.29, 1.82) is 0 Å². The summed E-state index contributed by atoms with van der Waals surface area (Å²) >= 11 is 0. The lowest BCUT2D eigenvalue weighted by molar-refractivity contribution is -0.133. The minimum atomic E-state index is 0.264. The van der Waals surface area contributed by atoms with Crippen LogP contribution in [0.4, 0.5) is 0 Å². The quantitative estimate of drug-likeness (QED) is 0.840. The largest absolute Gasteiger partial charge is 0.353 e. The molecule has 1 aromatic rings. The molecular weight excluding hydrogens is 250 g/mol. The van der Waals surface area contributed by atoms with Gasteiger partial charge in [0.15, 0.2) is 0 Å². The van der Waals surface area contributed by atoms with E-state index in [-0.39, 0.29) is 6.04 Å².